The molecule has 16 heavy (non-hydrogen) atoms. The maximum atomic E-state index is 5.75. The number of hydrogen-bond acceptors (Lipinski definition) is 3. The van der Waals surface area contributed by atoms with Crippen LogP contribution in [-0.4, -0.2) is 18.6 Å². The Morgan fingerprint density at radius 2 is 2.25 bits per heavy atom. The molecule has 2 atom stereocenters. The largest absolute Gasteiger partial charge is 0.374 e. The second-order valence-corrected chi connectivity index (χ2v) is 5.01. The molecular weight excluding hydrogens is 198 g/mol. The van der Waals surface area contributed by atoms with E-state index in [1.807, 2.05) is 13.1 Å². The summed E-state index contributed by atoms with van der Waals surface area (Å²) in [6.45, 7) is 6.04. The van der Waals surface area contributed by atoms with Crippen molar-refractivity contribution in [2.75, 3.05) is 18.5 Å². The first-order valence-electron chi connectivity index (χ1n) is 5.98. The van der Waals surface area contributed by atoms with Crippen LogP contribution in [0.4, 0.5) is 5.69 Å². The van der Waals surface area contributed by atoms with Crippen molar-refractivity contribution in [1.82, 2.24) is 4.98 Å². The van der Waals surface area contributed by atoms with Gasteiger partial charge in [-0.05, 0) is 31.2 Å². The fourth-order valence-corrected chi connectivity index (χ4v) is 2.19. The van der Waals surface area contributed by atoms with Crippen LogP contribution in [0.15, 0.2) is 12.3 Å². The number of nitrogens with zero attached hydrogens (tertiary/aromatic N) is 2. The quantitative estimate of drug-likeness (QED) is 0.841. The highest BCUT2D eigenvalue weighted by atomic mass is 15.1. The molecule has 3 nitrogen and oxygen atoms in total. The number of anilines is 1. The fourth-order valence-electron chi connectivity index (χ4n) is 2.19. The second-order valence-electron chi connectivity index (χ2n) is 5.01. The van der Waals surface area contributed by atoms with Gasteiger partial charge >= 0.3 is 0 Å². The minimum atomic E-state index is 0.563. The Bertz CT molecular complexity index is 375. The molecule has 1 aliphatic rings. The highest BCUT2D eigenvalue weighted by Crippen LogP contribution is 2.39. The monoisotopic (exact) mass is 219 g/mol. The summed E-state index contributed by atoms with van der Waals surface area (Å²) < 4.78 is 0. The molecule has 2 rings (SSSR count). The summed E-state index contributed by atoms with van der Waals surface area (Å²) in [5.74, 6) is 1.76. The van der Waals surface area contributed by atoms with Gasteiger partial charge in [-0.15, -0.1) is 0 Å². The van der Waals surface area contributed by atoms with Crippen LogP contribution in [0.3, 0.4) is 0 Å². The Hall–Kier alpha value is -1.09. The van der Waals surface area contributed by atoms with Crippen LogP contribution in [0.25, 0.3) is 0 Å². The summed E-state index contributed by atoms with van der Waals surface area (Å²) >= 11 is 0. The number of pyridine rings is 1. The second kappa shape index (κ2) is 4.42. The van der Waals surface area contributed by atoms with Crippen LogP contribution < -0.4 is 10.6 Å². The predicted molar refractivity (Wildman–Crippen MR) is 67.4 cm³/mol. The van der Waals surface area contributed by atoms with E-state index in [2.05, 4.69) is 29.9 Å². The summed E-state index contributed by atoms with van der Waals surface area (Å²) in [6.07, 6.45) is 3.27. The minimum absolute atomic E-state index is 0.563. The summed E-state index contributed by atoms with van der Waals surface area (Å²) in [4.78, 5) is 6.62. The van der Waals surface area contributed by atoms with Crippen molar-refractivity contribution in [3.8, 4) is 0 Å². The lowest BCUT2D eigenvalue weighted by Gasteiger charge is -2.22. The Balaban J connectivity index is 2.13. The molecule has 1 aromatic heterocycles. The Morgan fingerprint density at radius 1 is 1.56 bits per heavy atom. The van der Waals surface area contributed by atoms with E-state index in [-0.39, 0.29) is 0 Å². The average molecular weight is 219 g/mol. The molecule has 0 radical (unpaired) electrons. The van der Waals surface area contributed by atoms with Crippen LogP contribution >= 0.6 is 0 Å². The maximum absolute atomic E-state index is 5.75. The van der Waals surface area contributed by atoms with Gasteiger partial charge in [-0.2, -0.15) is 0 Å². The topological polar surface area (TPSA) is 42.1 Å². The molecule has 1 heterocycles. The first-order valence-corrected chi connectivity index (χ1v) is 5.98. The van der Waals surface area contributed by atoms with E-state index in [9.17, 15) is 0 Å². The van der Waals surface area contributed by atoms with Crippen molar-refractivity contribution < 1.29 is 0 Å². The third-order valence-electron chi connectivity index (χ3n) is 3.51. The van der Waals surface area contributed by atoms with E-state index in [0.717, 1.165) is 29.6 Å². The van der Waals surface area contributed by atoms with Crippen LogP contribution in [0.2, 0.25) is 0 Å². The molecule has 1 saturated carbocycles. The third kappa shape index (κ3) is 2.35. The lowest BCUT2D eigenvalue weighted by Crippen LogP contribution is -2.22. The highest BCUT2D eigenvalue weighted by molar-refractivity contribution is 5.53. The minimum Gasteiger partial charge on any atom is -0.374 e. The SMILES string of the molecule is Cc1cc(N(C)CC2CC2C)c(CN)cn1. The van der Waals surface area contributed by atoms with E-state index in [0.29, 0.717) is 6.54 Å². The van der Waals surface area contributed by atoms with Gasteiger partial charge in [0.2, 0.25) is 0 Å². The van der Waals surface area contributed by atoms with Crippen LogP contribution in [0.1, 0.15) is 24.6 Å². The first-order chi connectivity index (χ1) is 7.61. The zero-order valence-corrected chi connectivity index (χ0v) is 10.4. The standard InChI is InChI=1S/C13H21N3/c1-9-4-11(9)8-16(3)13-5-10(2)15-7-12(13)6-14/h5,7,9,11H,4,6,8,14H2,1-3H3. The number of aryl methyl sites for hydroxylation is 1. The molecule has 3 heteroatoms. The summed E-state index contributed by atoms with van der Waals surface area (Å²) in [5, 5.41) is 0. The van der Waals surface area contributed by atoms with E-state index in [4.69, 9.17) is 5.73 Å². The van der Waals surface area contributed by atoms with Crippen LogP contribution in [0.5, 0.6) is 0 Å². The highest BCUT2D eigenvalue weighted by Gasteiger charge is 2.33. The molecule has 0 aromatic carbocycles. The average Bonchev–Trinajstić information content (AvgIpc) is 2.94. The molecule has 0 bridgehead atoms. The molecule has 2 unspecified atom stereocenters. The van der Waals surface area contributed by atoms with Crippen molar-refractivity contribution in [2.24, 2.45) is 17.6 Å². The van der Waals surface area contributed by atoms with Gasteiger partial charge in [0, 0.05) is 43.3 Å². The third-order valence-corrected chi connectivity index (χ3v) is 3.51. The fraction of sp³-hybridized carbons (Fsp3) is 0.615. The van der Waals surface area contributed by atoms with Crippen molar-refractivity contribution in [1.29, 1.82) is 0 Å². The van der Waals surface area contributed by atoms with Crippen molar-refractivity contribution in [2.45, 2.75) is 26.8 Å². The van der Waals surface area contributed by atoms with Crippen molar-refractivity contribution >= 4 is 5.69 Å². The molecule has 0 amide bonds. The summed E-state index contributed by atoms with van der Waals surface area (Å²) in [6, 6.07) is 2.13. The molecule has 1 fully saturated rings. The van der Waals surface area contributed by atoms with Gasteiger partial charge in [-0.3, -0.25) is 4.98 Å². The normalized spacial score (nSPS) is 23.2. The molecule has 2 N–H and O–H groups in total. The molecule has 0 aliphatic heterocycles. The summed E-state index contributed by atoms with van der Waals surface area (Å²) in [5.41, 5.74) is 9.19. The molecule has 1 aromatic rings. The lowest BCUT2D eigenvalue weighted by molar-refractivity contribution is 0.722. The van der Waals surface area contributed by atoms with Gasteiger partial charge in [0.25, 0.3) is 0 Å². The molecule has 1 aliphatic carbocycles. The predicted octanol–water partition coefficient (Wildman–Crippen LogP) is 1.94. The van der Waals surface area contributed by atoms with Gasteiger partial charge in [-0.1, -0.05) is 6.92 Å². The Labute approximate surface area is 97.7 Å². The smallest absolute Gasteiger partial charge is 0.0442 e. The molecular formula is C13H21N3. The van der Waals surface area contributed by atoms with Gasteiger partial charge in [0.1, 0.15) is 0 Å². The molecule has 0 saturated heterocycles. The van der Waals surface area contributed by atoms with Gasteiger partial charge in [0.15, 0.2) is 0 Å². The van der Waals surface area contributed by atoms with Crippen molar-refractivity contribution in [3.63, 3.8) is 0 Å². The lowest BCUT2D eigenvalue weighted by atomic mass is 10.2. The van der Waals surface area contributed by atoms with Gasteiger partial charge in [-0.25, -0.2) is 0 Å². The van der Waals surface area contributed by atoms with E-state index >= 15 is 0 Å². The van der Waals surface area contributed by atoms with Crippen LogP contribution in [0, 0.1) is 18.8 Å². The molecule has 0 spiro atoms. The van der Waals surface area contributed by atoms with Crippen molar-refractivity contribution in [3.05, 3.63) is 23.5 Å². The van der Waals surface area contributed by atoms with Gasteiger partial charge in [0.05, 0.1) is 0 Å². The van der Waals surface area contributed by atoms with E-state index in [1.54, 1.807) is 0 Å². The number of nitrogens with two attached hydrogens (primary N) is 1. The van der Waals surface area contributed by atoms with Crippen LogP contribution in [-0.2, 0) is 6.54 Å². The Morgan fingerprint density at radius 3 is 2.81 bits per heavy atom. The van der Waals surface area contributed by atoms with E-state index < -0.39 is 0 Å². The zero-order valence-electron chi connectivity index (χ0n) is 10.4. The molecule has 88 valence electrons. The van der Waals surface area contributed by atoms with E-state index in [1.165, 1.54) is 12.1 Å². The number of hydrogen-bond donors (Lipinski definition) is 1. The first kappa shape index (κ1) is 11.4. The maximum Gasteiger partial charge on any atom is 0.0442 e. The number of aromatic nitrogens is 1. The van der Waals surface area contributed by atoms with Gasteiger partial charge < -0.3 is 10.6 Å². The summed E-state index contributed by atoms with van der Waals surface area (Å²) in [7, 11) is 2.15. The zero-order chi connectivity index (χ0) is 11.7. The Kier molecular flexibility index (Phi) is 3.15. The number of rotatable bonds is 4.